The molecule has 0 aromatic carbocycles. The van der Waals surface area contributed by atoms with Gasteiger partial charge in [0, 0.05) is 32.4 Å². The molecular formula is C15H20N6O2. The lowest BCUT2D eigenvalue weighted by molar-refractivity contribution is -0.119. The van der Waals surface area contributed by atoms with Crippen LogP contribution in [-0.4, -0.2) is 55.4 Å². The lowest BCUT2D eigenvalue weighted by atomic mass is 9.98. The van der Waals surface area contributed by atoms with Crippen molar-refractivity contribution in [1.29, 1.82) is 0 Å². The quantitative estimate of drug-likeness (QED) is 0.887. The van der Waals surface area contributed by atoms with Crippen molar-refractivity contribution in [1.82, 2.24) is 29.8 Å². The topological polar surface area (TPSA) is 92.5 Å². The summed E-state index contributed by atoms with van der Waals surface area (Å²) in [6.45, 7) is 4.71. The maximum Gasteiger partial charge on any atom is 0.293 e. The van der Waals surface area contributed by atoms with Crippen molar-refractivity contribution in [3.63, 3.8) is 0 Å². The number of likely N-dealkylation sites (tertiary alicyclic amines) is 1. The van der Waals surface area contributed by atoms with Crippen LogP contribution in [0.5, 0.6) is 0 Å². The number of hydrogen-bond donors (Lipinski definition) is 1. The third-order valence-electron chi connectivity index (χ3n) is 4.08. The molecule has 8 nitrogen and oxygen atoms in total. The number of rotatable bonds is 4. The van der Waals surface area contributed by atoms with Crippen LogP contribution in [0.25, 0.3) is 5.78 Å². The van der Waals surface area contributed by atoms with E-state index in [1.54, 1.807) is 23.4 Å². The molecule has 8 heteroatoms. The minimum atomic E-state index is -0.218. The molecule has 1 N–H and O–H groups in total. The Balaban J connectivity index is 1.77. The van der Waals surface area contributed by atoms with Crippen LogP contribution < -0.4 is 5.32 Å². The van der Waals surface area contributed by atoms with E-state index >= 15 is 0 Å². The molecule has 2 aromatic rings. The van der Waals surface area contributed by atoms with Gasteiger partial charge < -0.3 is 10.2 Å². The summed E-state index contributed by atoms with van der Waals surface area (Å²) >= 11 is 0. The number of carbonyl (C=O) groups is 2. The third kappa shape index (κ3) is 3.15. The highest BCUT2D eigenvalue weighted by Gasteiger charge is 2.36. The maximum atomic E-state index is 12.6. The zero-order chi connectivity index (χ0) is 16.4. The molecule has 2 atom stereocenters. The first kappa shape index (κ1) is 15.4. The van der Waals surface area contributed by atoms with Crippen molar-refractivity contribution in [3.05, 3.63) is 24.3 Å². The van der Waals surface area contributed by atoms with Gasteiger partial charge in [-0.15, -0.1) is 5.10 Å². The molecule has 1 aliphatic heterocycles. The smallest absolute Gasteiger partial charge is 0.293 e. The SMILES string of the molecule is CCC[C@@H]1CN(C(=O)c2nc3ncccn3n2)C[C@H]1NC(C)=O. The zero-order valence-corrected chi connectivity index (χ0v) is 13.3. The predicted octanol–water partition coefficient (Wildman–Crippen LogP) is 0.501. The molecule has 0 aliphatic carbocycles. The first-order chi connectivity index (χ1) is 11.1. The van der Waals surface area contributed by atoms with E-state index < -0.39 is 0 Å². The molecule has 0 bridgehead atoms. The molecule has 0 unspecified atom stereocenters. The molecule has 2 amide bonds. The summed E-state index contributed by atoms with van der Waals surface area (Å²) in [6, 6.07) is 1.72. The second-order valence-electron chi connectivity index (χ2n) is 5.87. The largest absolute Gasteiger partial charge is 0.351 e. The summed E-state index contributed by atoms with van der Waals surface area (Å²) in [5, 5.41) is 7.13. The van der Waals surface area contributed by atoms with Gasteiger partial charge in [-0.1, -0.05) is 13.3 Å². The lowest BCUT2D eigenvalue weighted by Gasteiger charge is -2.17. The molecular weight excluding hydrogens is 296 g/mol. The second kappa shape index (κ2) is 6.31. The van der Waals surface area contributed by atoms with Crippen LogP contribution >= 0.6 is 0 Å². The van der Waals surface area contributed by atoms with E-state index in [4.69, 9.17) is 0 Å². The van der Waals surface area contributed by atoms with Crippen molar-refractivity contribution in [2.45, 2.75) is 32.7 Å². The first-order valence-corrected chi connectivity index (χ1v) is 7.82. The molecule has 2 aromatic heterocycles. The maximum absolute atomic E-state index is 12.6. The Morgan fingerprint density at radius 2 is 2.22 bits per heavy atom. The average Bonchev–Trinajstić information content (AvgIpc) is 3.11. The Bertz CT molecular complexity index is 695. The van der Waals surface area contributed by atoms with Crippen LogP contribution in [0.15, 0.2) is 18.5 Å². The summed E-state index contributed by atoms with van der Waals surface area (Å²) in [5.74, 6) is 0.522. The Morgan fingerprint density at radius 1 is 1.39 bits per heavy atom. The number of fused-ring (bicyclic) bond motifs is 1. The number of hydrogen-bond acceptors (Lipinski definition) is 5. The van der Waals surface area contributed by atoms with Crippen LogP contribution in [-0.2, 0) is 4.79 Å². The van der Waals surface area contributed by atoms with E-state index in [9.17, 15) is 9.59 Å². The molecule has 3 heterocycles. The Hall–Kier alpha value is -2.51. The Labute approximate surface area is 133 Å². The highest BCUT2D eigenvalue weighted by molar-refractivity contribution is 5.91. The summed E-state index contributed by atoms with van der Waals surface area (Å²) in [6.07, 6.45) is 5.29. The number of carbonyl (C=O) groups excluding carboxylic acids is 2. The van der Waals surface area contributed by atoms with Crippen LogP contribution in [0.1, 0.15) is 37.3 Å². The minimum absolute atomic E-state index is 0.00782. The molecule has 0 spiro atoms. The first-order valence-electron chi connectivity index (χ1n) is 7.82. The highest BCUT2D eigenvalue weighted by Crippen LogP contribution is 2.23. The normalized spacial score (nSPS) is 20.9. The van der Waals surface area contributed by atoms with Gasteiger partial charge in [0.1, 0.15) is 0 Å². The Kier molecular flexibility index (Phi) is 4.22. The summed E-state index contributed by atoms with van der Waals surface area (Å²) in [7, 11) is 0. The fraction of sp³-hybridized carbons (Fsp3) is 0.533. The molecule has 0 saturated carbocycles. The molecule has 1 saturated heterocycles. The van der Waals surface area contributed by atoms with Gasteiger partial charge in [0.05, 0.1) is 6.04 Å². The van der Waals surface area contributed by atoms with Gasteiger partial charge in [-0.25, -0.2) is 9.50 Å². The van der Waals surface area contributed by atoms with E-state index in [1.807, 2.05) is 0 Å². The van der Waals surface area contributed by atoms with Crippen LogP contribution in [0, 0.1) is 5.92 Å². The fourth-order valence-electron chi connectivity index (χ4n) is 3.09. The van der Waals surface area contributed by atoms with Crippen molar-refractivity contribution in [2.24, 2.45) is 5.92 Å². The second-order valence-corrected chi connectivity index (χ2v) is 5.87. The molecule has 0 radical (unpaired) electrons. The number of amides is 2. The van der Waals surface area contributed by atoms with Crippen LogP contribution in [0.2, 0.25) is 0 Å². The van der Waals surface area contributed by atoms with Gasteiger partial charge >= 0.3 is 0 Å². The molecule has 1 aliphatic rings. The van der Waals surface area contributed by atoms with Gasteiger partial charge in [-0.3, -0.25) is 9.59 Å². The fourth-order valence-corrected chi connectivity index (χ4v) is 3.09. The van der Waals surface area contributed by atoms with Gasteiger partial charge in [-0.2, -0.15) is 4.98 Å². The van der Waals surface area contributed by atoms with Crippen LogP contribution in [0.3, 0.4) is 0 Å². The average molecular weight is 316 g/mol. The minimum Gasteiger partial charge on any atom is -0.351 e. The third-order valence-corrected chi connectivity index (χ3v) is 4.08. The van der Waals surface area contributed by atoms with Gasteiger partial charge in [0.15, 0.2) is 0 Å². The van der Waals surface area contributed by atoms with Crippen molar-refractivity contribution in [3.8, 4) is 0 Å². The van der Waals surface area contributed by atoms with Crippen LogP contribution in [0.4, 0.5) is 0 Å². The van der Waals surface area contributed by atoms with Crippen molar-refractivity contribution in [2.75, 3.05) is 13.1 Å². The highest BCUT2D eigenvalue weighted by atomic mass is 16.2. The monoisotopic (exact) mass is 316 g/mol. The zero-order valence-electron chi connectivity index (χ0n) is 13.3. The van der Waals surface area contributed by atoms with E-state index in [0.29, 0.717) is 18.9 Å². The van der Waals surface area contributed by atoms with Gasteiger partial charge in [0.2, 0.25) is 11.7 Å². The van der Waals surface area contributed by atoms with E-state index in [1.165, 1.54) is 11.4 Å². The molecule has 3 rings (SSSR count). The van der Waals surface area contributed by atoms with Crippen molar-refractivity contribution < 1.29 is 9.59 Å². The molecule has 1 fully saturated rings. The van der Waals surface area contributed by atoms with E-state index in [-0.39, 0.29) is 29.6 Å². The van der Waals surface area contributed by atoms with E-state index in [2.05, 4.69) is 27.3 Å². The predicted molar refractivity (Wildman–Crippen MR) is 82.7 cm³/mol. The standard InChI is InChI=1S/C15H20N6O2/c1-3-5-11-8-20(9-12(11)17-10(2)22)14(23)13-18-15-16-6-4-7-21(15)19-13/h4,6-7,11-12H,3,5,8-9H2,1-2H3,(H,17,22)/t11-,12-/m1/s1. The van der Waals surface area contributed by atoms with Gasteiger partial charge in [-0.05, 0) is 18.4 Å². The number of nitrogens with zero attached hydrogens (tertiary/aromatic N) is 5. The van der Waals surface area contributed by atoms with E-state index in [0.717, 1.165) is 12.8 Å². The molecule has 23 heavy (non-hydrogen) atoms. The lowest BCUT2D eigenvalue weighted by Crippen LogP contribution is -2.40. The summed E-state index contributed by atoms with van der Waals surface area (Å²) in [4.78, 5) is 34.0. The van der Waals surface area contributed by atoms with Gasteiger partial charge in [0.25, 0.3) is 11.7 Å². The number of aromatic nitrogens is 4. The Morgan fingerprint density at radius 3 is 2.91 bits per heavy atom. The van der Waals surface area contributed by atoms with Crippen molar-refractivity contribution >= 4 is 17.6 Å². The summed E-state index contributed by atoms with van der Waals surface area (Å²) in [5.41, 5.74) is 0. The number of nitrogens with one attached hydrogen (secondary N) is 1. The summed E-state index contributed by atoms with van der Waals surface area (Å²) < 4.78 is 1.48. The molecule has 122 valence electrons.